The highest BCUT2D eigenvalue weighted by Crippen LogP contribution is 2.30. The lowest BCUT2D eigenvalue weighted by Gasteiger charge is -2.25. The first-order valence-corrected chi connectivity index (χ1v) is 6.52. The molecule has 1 aliphatic rings. The smallest absolute Gasteiger partial charge is 0.264 e. The zero-order valence-electron chi connectivity index (χ0n) is 10.4. The minimum Gasteiger partial charge on any atom is -0.485 e. The molecular formula is C13H16N2O3S. The number of nitrogens with two attached hydrogens (primary N) is 1. The summed E-state index contributed by atoms with van der Waals surface area (Å²) in [5.41, 5.74) is 5.38. The Kier molecular flexibility index (Phi) is 4.57. The summed E-state index contributed by atoms with van der Waals surface area (Å²) in [6, 6.07) is 7.29. The molecule has 3 N–H and O–H groups in total. The van der Waals surface area contributed by atoms with Crippen LogP contribution in [0, 0.1) is 0 Å². The van der Waals surface area contributed by atoms with Crippen molar-refractivity contribution in [3.05, 3.63) is 24.3 Å². The Hall–Kier alpha value is -1.82. The molecule has 0 saturated carbocycles. The van der Waals surface area contributed by atoms with E-state index in [0.717, 1.165) is 6.42 Å². The van der Waals surface area contributed by atoms with Crippen LogP contribution in [0.5, 0.6) is 11.5 Å². The van der Waals surface area contributed by atoms with Gasteiger partial charge in [0.25, 0.3) is 5.91 Å². The number of ether oxygens (including phenoxy) is 2. The third kappa shape index (κ3) is 3.82. The first-order valence-electron chi connectivity index (χ1n) is 6.11. The molecule has 19 heavy (non-hydrogen) atoms. The van der Waals surface area contributed by atoms with Gasteiger partial charge in [-0.15, -0.1) is 0 Å². The molecule has 1 aromatic carbocycles. The van der Waals surface area contributed by atoms with E-state index < -0.39 is 6.10 Å². The van der Waals surface area contributed by atoms with Crippen molar-refractivity contribution in [1.82, 2.24) is 5.32 Å². The molecule has 0 fully saturated rings. The monoisotopic (exact) mass is 280 g/mol. The molecule has 0 aliphatic carbocycles. The molecule has 0 bridgehead atoms. The Morgan fingerprint density at radius 2 is 2.16 bits per heavy atom. The highest BCUT2D eigenvalue weighted by atomic mass is 32.1. The van der Waals surface area contributed by atoms with Crippen molar-refractivity contribution in [1.29, 1.82) is 0 Å². The zero-order valence-corrected chi connectivity index (χ0v) is 11.2. The summed E-state index contributed by atoms with van der Waals surface area (Å²) in [5.74, 6) is 1.08. The molecular weight excluding hydrogens is 264 g/mol. The molecule has 5 nitrogen and oxygen atoms in total. The maximum Gasteiger partial charge on any atom is 0.264 e. The van der Waals surface area contributed by atoms with Gasteiger partial charge in [0.15, 0.2) is 11.5 Å². The number of carbonyl (C=O) groups excluding carboxylic acids is 1. The number of rotatable bonds is 5. The fourth-order valence-corrected chi connectivity index (χ4v) is 1.88. The Labute approximate surface area is 117 Å². The Bertz CT molecular complexity index is 479. The quantitative estimate of drug-likeness (QED) is 0.622. The molecule has 0 radical (unpaired) electrons. The van der Waals surface area contributed by atoms with Crippen LogP contribution in [0.2, 0.25) is 0 Å². The van der Waals surface area contributed by atoms with E-state index in [1.165, 1.54) is 0 Å². The second-order valence-corrected chi connectivity index (χ2v) is 4.75. The van der Waals surface area contributed by atoms with Crippen molar-refractivity contribution in [3.8, 4) is 11.5 Å². The number of carbonyl (C=O) groups is 1. The minimum atomic E-state index is -0.611. The van der Waals surface area contributed by atoms with Crippen LogP contribution < -0.4 is 20.5 Å². The highest BCUT2D eigenvalue weighted by molar-refractivity contribution is 7.80. The van der Waals surface area contributed by atoms with Crippen molar-refractivity contribution in [2.24, 2.45) is 5.73 Å². The topological polar surface area (TPSA) is 73.6 Å². The van der Waals surface area contributed by atoms with Crippen molar-refractivity contribution in [3.63, 3.8) is 0 Å². The number of amides is 1. The third-order valence-electron chi connectivity index (χ3n) is 2.70. The number of benzene rings is 1. The van der Waals surface area contributed by atoms with Crippen molar-refractivity contribution >= 4 is 23.1 Å². The van der Waals surface area contributed by atoms with E-state index in [1.54, 1.807) is 6.07 Å². The van der Waals surface area contributed by atoms with E-state index in [1.807, 2.05) is 18.2 Å². The van der Waals surface area contributed by atoms with E-state index in [2.05, 4.69) is 5.32 Å². The molecule has 1 atom stereocenters. The Morgan fingerprint density at radius 1 is 1.42 bits per heavy atom. The van der Waals surface area contributed by atoms with Crippen LogP contribution >= 0.6 is 12.2 Å². The molecule has 0 spiro atoms. The number of thiocarbonyl (C=S) groups is 1. The molecule has 0 aromatic heterocycles. The fourth-order valence-electron chi connectivity index (χ4n) is 1.74. The Balaban J connectivity index is 1.80. The van der Waals surface area contributed by atoms with E-state index in [-0.39, 0.29) is 12.5 Å². The molecule has 0 saturated heterocycles. The van der Waals surface area contributed by atoms with Gasteiger partial charge in [0.1, 0.15) is 6.61 Å². The van der Waals surface area contributed by atoms with Gasteiger partial charge in [-0.25, -0.2) is 0 Å². The molecule has 2 rings (SSSR count). The standard InChI is InChI=1S/C13H16N2O3S/c14-12(19)6-3-7-15-13(16)11-8-17-9-4-1-2-5-10(9)18-11/h1-2,4-5,11H,3,6-8H2,(H2,14,19)(H,15,16). The molecule has 102 valence electrons. The van der Waals surface area contributed by atoms with Crippen molar-refractivity contribution in [2.45, 2.75) is 18.9 Å². The molecule has 1 heterocycles. The van der Waals surface area contributed by atoms with E-state index in [4.69, 9.17) is 27.4 Å². The summed E-state index contributed by atoms with van der Waals surface area (Å²) < 4.78 is 11.1. The second-order valence-electron chi connectivity index (χ2n) is 4.23. The summed E-state index contributed by atoms with van der Waals surface area (Å²) in [4.78, 5) is 12.3. The van der Waals surface area contributed by atoms with E-state index >= 15 is 0 Å². The van der Waals surface area contributed by atoms with Crippen LogP contribution in [0.15, 0.2) is 24.3 Å². The van der Waals surface area contributed by atoms with Gasteiger partial charge in [-0.3, -0.25) is 4.79 Å². The van der Waals surface area contributed by atoms with Crippen molar-refractivity contribution in [2.75, 3.05) is 13.2 Å². The number of fused-ring (bicyclic) bond motifs is 1. The van der Waals surface area contributed by atoms with Crippen LogP contribution in [-0.2, 0) is 4.79 Å². The lowest BCUT2D eigenvalue weighted by Crippen LogP contribution is -2.44. The van der Waals surface area contributed by atoms with Crippen LogP contribution in [-0.4, -0.2) is 30.2 Å². The van der Waals surface area contributed by atoms with Gasteiger partial charge >= 0.3 is 0 Å². The van der Waals surface area contributed by atoms with Gasteiger partial charge < -0.3 is 20.5 Å². The average molecular weight is 280 g/mol. The first-order chi connectivity index (χ1) is 9.16. The minimum absolute atomic E-state index is 0.183. The van der Waals surface area contributed by atoms with Gasteiger partial charge in [-0.1, -0.05) is 24.4 Å². The van der Waals surface area contributed by atoms with Gasteiger partial charge in [0.2, 0.25) is 6.10 Å². The lowest BCUT2D eigenvalue weighted by molar-refractivity contribution is -0.130. The molecule has 1 amide bonds. The van der Waals surface area contributed by atoms with Gasteiger partial charge in [0, 0.05) is 6.54 Å². The number of hydrogen-bond acceptors (Lipinski definition) is 4. The summed E-state index contributed by atoms with van der Waals surface area (Å²) in [5, 5.41) is 2.78. The molecule has 6 heteroatoms. The van der Waals surface area contributed by atoms with Gasteiger partial charge in [-0.2, -0.15) is 0 Å². The van der Waals surface area contributed by atoms with Gasteiger partial charge in [0.05, 0.1) is 4.99 Å². The molecule has 1 unspecified atom stereocenters. The maximum atomic E-state index is 11.9. The van der Waals surface area contributed by atoms with Crippen molar-refractivity contribution < 1.29 is 14.3 Å². The number of nitrogens with one attached hydrogen (secondary N) is 1. The Morgan fingerprint density at radius 3 is 2.89 bits per heavy atom. The normalized spacial score (nSPS) is 16.7. The van der Waals surface area contributed by atoms with Gasteiger partial charge in [-0.05, 0) is 25.0 Å². The second kappa shape index (κ2) is 6.38. The van der Waals surface area contributed by atoms with Crippen LogP contribution in [0.1, 0.15) is 12.8 Å². The zero-order chi connectivity index (χ0) is 13.7. The summed E-state index contributed by atoms with van der Waals surface area (Å²) >= 11 is 4.76. The lowest BCUT2D eigenvalue weighted by atomic mass is 10.2. The summed E-state index contributed by atoms with van der Waals surface area (Å²) in [7, 11) is 0. The average Bonchev–Trinajstić information content (AvgIpc) is 2.42. The number of para-hydroxylation sites is 2. The van der Waals surface area contributed by atoms with E-state index in [0.29, 0.717) is 29.5 Å². The fraction of sp³-hybridized carbons (Fsp3) is 0.385. The predicted octanol–water partition coefficient (Wildman–Crippen LogP) is 1.01. The van der Waals surface area contributed by atoms with Crippen LogP contribution in [0.25, 0.3) is 0 Å². The maximum absolute atomic E-state index is 11.9. The van der Waals surface area contributed by atoms with Crippen LogP contribution in [0.4, 0.5) is 0 Å². The highest BCUT2D eigenvalue weighted by Gasteiger charge is 2.26. The molecule has 1 aromatic rings. The largest absolute Gasteiger partial charge is 0.485 e. The van der Waals surface area contributed by atoms with Crippen LogP contribution in [0.3, 0.4) is 0 Å². The summed E-state index contributed by atoms with van der Waals surface area (Å²) in [6.07, 6.45) is 0.742. The predicted molar refractivity (Wildman–Crippen MR) is 75.4 cm³/mol. The van der Waals surface area contributed by atoms with E-state index in [9.17, 15) is 4.79 Å². The summed E-state index contributed by atoms with van der Waals surface area (Å²) in [6.45, 7) is 0.746. The number of hydrogen-bond donors (Lipinski definition) is 2. The SMILES string of the molecule is NC(=S)CCCNC(=O)C1COc2ccccc2O1. The first kappa shape index (κ1) is 13.6. The molecule has 1 aliphatic heterocycles. The third-order valence-corrected chi connectivity index (χ3v) is 2.90.